The summed E-state index contributed by atoms with van der Waals surface area (Å²) in [7, 11) is 2.10. The van der Waals surface area contributed by atoms with Crippen LogP contribution >= 0.6 is 0 Å². The van der Waals surface area contributed by atoms with Crippen LogP contribution in [0.3, 0.4) is 0 Å². The van der Waals surface area contributed by atoms with Gasteiger partial charge in [0.05, 0.1) is 17.5 Å². The van der Waals surface area contributed by atoms with Crippen molar-refractivity contribution >= 4 is 17.4 Å². The van der Waals surface area contributed by atoms with Crippen molar-refractivity contribution in [3.8, 4) is 0 Å². The highest BCUT2D eigenvalue weighted by Crippen LogP contribution is 2.31. The van der Waals surface area contributed by atoms with E-state index >= 15 is 0 Å². The van der Waals surface area contributed by atoms with Crippen LogP contribution in [0.2, 0.25) is 0 Å². The van der Waals surface area contributed by atoms with Crippen molar-refractivity contribution < 1.29 is 9.90 Å². The summed E-state index contributed by atoms with van der Waals surface area (Å²) in [5.74, 6) is 0. The molecule has 5 heteroatoms. The monoisotopic (exact) mass is 319 g/mol. The Kier molecular flexibility index (Phi) is 6.71. The van der Waals surface area contributed by atoms with Crippen molar-refractivity contribution in [3.05, 3.63) is 24.3 Å². The molecule has 1 saturated carbocycles. The molecule has 2 amide bonds. The first-order valence-electron chi connectivity index (χ1n) is 8.66. The maximum Gasteiger partial charge on any atom is 0.319 e. The number of aliphatic hydroxyl groups is 1. The van der Waals surface area contributed by atoms with E-state index in [1.165, 1.54) is 25.7 Å². The number of aliphatic hydroxyl groups excluding tert-OH is 1. The van der Waals surface area contributed by atoms with Gasteiger partial charge in [-0.25, -0.2) is 4.79 Å². The molecule has 1 aliphatic rings. The van der Waals surface area contributed by atoms with Crippen molar-refractivity contribution in [2.45, 2.75) is 57.6 Å². The Morgan fingerprint density at radius 2 is 2.04 bits per heavy atom. The number of anilines is 2. The molecular formula is C18H29N3O2. The standard InChI is InChI=1S/C18H29N3O2/c1-3-8-15(22)13-19-18(23)20-16-11-6-7-12-17(16)21(2)14-9-4-5-10-14/h6-7,11-12,14-15,22H,3-5,8-10,13H2,1-2H3,(H2,19,20,23). The zero-order chi connectivity index (χ0) is 16.7. The molecule has 5 nitrogen and oxygen atoms in total. The lowest BCUT2D eigenvalue weighted by Gasteiger charge is -2.28. The first kappa shape index (κ1) is 17.6. The zero-order valence-corrected chi connectivity index (χ0v) is 14.2. The molecular weight excluding hydrogens is 290 g/mol. The molecule has 0 radical (unpaired) electrons. The first-order valence-corrected chi connectivity index (χ1v) is 8.66. The number of carbonyl (C=O) groups is 1. The van der Waals surface area contributed by atoms with E-state index in [-0.39, 0.29) is 12.6 Å². The summed E-state index contributed by atoms with van der Waals surface area (Å²) in [5, 5.41) is 15.3. The number of urea groups is 1. The second-order valence-corrected chi connectivity index (χ2v) is 6.34. The van der Waals surface area contributed by atoms with E-state index in [2.05, 4.69) is 22.6 Å². The highest BCUT2D eigenvalue weighted by Gasteiger charge is 2.21. The molecule has 128 valence electrons. The van der Waals surface area contributed by atoms with Crippen molar-refractivity contribution in [1.82, 2.24) is 5.32 Å². The van der Waals surface area contributed by atoms with Gasteiger partial charge in [-0.05, 0) is 31.4 Å². The van der Waals surface area contributed by atoms with E-state index in [0.29, 0.717) is 12.5 Å². The molecule has 1 unspecified atom stereocenters. The number of para-hydroxylation sites is 2. The fourth-order valence-electron chi connectivity index (χ4n) is 3.19. The number of hydrogen-bond acceptors (Lipinski definition) is 3. The van der Waals surface area contributed by atoms with Crippen LogP contribution in [-0.4, -0.2) is 36.9 Å². The molecule has 0 heterocycles. The normalized spacial score (nSPS) is 16.1. The summed E-state index contributed by atoms with van der Waals surface area (Å²) in [6.45, 7) is 2.29. The molecule has 2 rings (SSSR count). The van der Waals surface area contributed by atoms with Crippen LogP contribution in [0.1, 0.15) is 45.4 Å². The van der Waals surface area contributed by atoms with Gasteiger partial charge in [0.25, 0.3) is 0 Å². The summed E-state index contributed by atoms with van der Waals surface area (Å²) in [6.07, 6.45) is 6.09. The second kappa shape index (κ2) is 8.77. The van der Waals surface area contributed by atoms with Crippen LogP contribution < -0.4 is 15.5 Å². The zero-order valence-electron chi connectivity index (χ0n) is 14.2. The van der Waals surface area contributed by atoms with Gasteiger partial charge >= 0.3 is 6.03 Å². The molecule has 23 heavy (non-hydrogen) atoms. The Morgan fingerprint density at radius 1 is 1.35 bits per heavy atom. The van der Waals surface area contributed by atoms with E-state index in [4.69, 9.17) is 0 Å². The van der Waals surface area contributed by atoms with Gasteiger partial charge in [0.15, 0.2) is 0 Å². The van der Waals surface area contributed by atoms with Crippen molar-refractivity contribution in [2.24, 2.45) is 0 Å². The van der Waals surface area contributed by atoms with Crippen molar-refractivity contribution in [1.29, 1.82) is 0 Å². The molecule has 3 N–H and O–H groups in total. The average molecular weight is 319 g/mol. The molecule has 0 bridgehead atoms. The Hall–Kier alpha value is -1.75. The Labute approximate surface area is 139 Å². The van der Waals surface area contributed by atoms with E-state index in [1.807, 2.05) is 31.2 Å². The van der Waals surface area contributed by atoms with Crippen LogP contribution in [0.25, 0.3) is 0 Å². The highest BCUT2D eigenvalue weighted by molar-refractivity contribution is 5.93. The lowest BCUT2D eigenvalue weighted by Crippen LogP contribution is -2.36. The van der Waals surface area contributed by atoms with Gasteiger partial charge in [0, 0.05) is 19.6 Å². The van der Waals surface area contributed by atoms with E-state index < -0.39 is 6.10 Å². The molecule has 1 aliphatic carbocycles. The van der Waals surface area contributed by atoms with Crippen LogP contribution in [0, 0.1) is 0 Å². The molecule has 0 spiro atoms. The first-order chi connectivity index (χ1) is 11.1. The fourth-order valence-corrected chi connectivity index (χ4v) is 3.19. The SMILES string of the molecule is CCCC(O)CNC(=O)Nc1ccccc1N(C)C1CCCC1. The topological polar surface area (TPSA) is 64.6 Å². The lowest BCUT2D eigenvalue weighted by atomic mass is 10.1. The lowest BCUT2D eigenvalue weighted by molar-refractivity contribution is 0.162. The number of hydrogen-bond donors (Lipinski definition) is 3. The number of rotatable bonds is 7. The van der Waals surface area contributed by atoms with Crippen molar-refractivity contribution in [3.63, 3.8) is 0 Å². The van der Waals surface area contributed by atoms with Gasteiger partial charge in [-0.1, -0.05) is 38.3 Å². The fraction of sp³-hybridized carbons (Fsp3) is 0.611. The van der Waals surface area contributed by atoms with Gasteiger partial charge < -0.3 is 20.6 Å². The van der Waals surface area contributed by atoms with Gasteiger partial charge in [-0.3, -0.25) is 0 Å². The third-order valence-electron chi connectivity index (χ3n) is 4.52. The maximum absolute atomic E-state index is 12.1. The quantitative estimate of drug-likeness (QED) is 0.722. The number of nitrogens with one attached hydrogen (secondary N) is 2. The Balaban J connectivity index is 1.95. The van der Waals surface area contributed by atoms with Gasteiger partial charge in [0.1, 0.15) is 0 Å². The Morgan fingerprint density at radius 3 is 2.74 bits per heavy atom. The van der Waals surface area contributed by atoms with Gasteiger partial charge in [0.2, 0.25) is 0 Å². The molecule has 1 aromatic carbocycles. The van der Waals surface area contributed by atoms with Gasteiger partial charge in [-0.15, -0.1) is 0 Å². The van der Waals surface area contributed by atoms with Crippen LogP contribution in [0.15, 0.2) is 24.3 Å². The van der Waals surface area contributed by atoms with Crippen LogP contribution in [0.5, 0.6) is 0 Å². The van der Waals surface area contributed by atoms with E-state index in [0.717, 1.165) is 17.8 Å². The molecule has 1 atom stereocenters. The van der Waals surface area contributed by atoms with Crippen LogP contribution in [0.4, 0.5) is 16.2 Å². The van der Waals surface area contributed by atoms with Gasteiger partial charge in [-0.2, -0.15) is 0 Å². The van der Waals surface area contributed by atoms with E-state index in [1.54, 1.807) is 0 Å². The largest absolute Gasteiger partial charge is 0.391 e. The van der Waals surface area contributed by atoms with Crippen molar-refractivity contribution in [2.75, 3.05) is 23.8 Å². The predicted octanol–water partition coefficient (Wildman–Crippen LogP) is 3.35. The molecule has 0 aromatic heterocycles. The smallest absolute Gasteiger partial charge is 0.319 e. The van der Waals surface area contributed by atoms with Crippen LogP contribution in [-0.2, 0) is 0 Å². The molecule has 1 aromatic rings. The molecule has 0 saturated heterocycles. The Bertz CT molecular complexity index is 501. The third kappa shape index (κ3) is 5.13. The second-order valence-electron chi connectivity index (χ2n) is 6.34. The minimum atomic E-state index is -0.484. The highest BCUT2D eigenvalue weighted by atomic mass is 16.3. The summed E-state index contributed by atoms with van der Waals surface area (Å²) >= 11 is 0. The predicted molar refractivity (Wildman–Crippen MR) is 95.0 cm³/mol. The average Bonchev–Trinajstić information content (AvgIpc) is 3.07. The molecule has 0 aliphatic heterocycles. The third-order valence-corrected chi connectivity index (χ3v) is 4.52. The minimum absolute atomic E-state index is 0.271. The number of nitrogens with zero attached hydrogens (tertiary/aromatic N) is 1. The molecule has 1 fully saturated rings. The minimum Gasteiger partial charge on any atom is -0.391 e. The summed E-state index contributed by atoms with van der Waals surface area (Å²) in [4.78, 5) is 14.3. The van der Waals surface area contributed by atoms with E-state index in [9.17, 15) is 9.90 Å². The number of amides is 2. The number of carbonyl (C=O) groups excluding carboxylic acids is 1. The maximum atomic E-state index is 12.1. The number of benzene rings is 1. The summed E-state index contributed by atoms with van der Waals surface area (Å²) < 4.78 is 0. The summed E-state index contributed by atoms with van der Waals surface area (Å²) in [6, 6.07) is 8.16. The summed E-state index contributed by atoms with van der Waals surface area (Å²) in [5.41, 5.74) is 1.85.